The summed E-state index contributed by atoms with van der Waals surface area (Å²) in [6.07, 6.45) is 0.686. The van der Waals surface area contributed by atoms with E-state index in [1.165, 1.54) is 30.3 Å². The molecule has 3 aromatic rings. The molecule has 0 amide bonds. The van der Waals surface area contributed by atoms with Gasteiger partial charge >= 0.3 is 10.1 Å². The van der Waals surface area contributed by atoms with Gasteiger partial charge in [-0.1, -0.05) is 24.3 Å². The van der Waals surface area contributed by atoms with Gasteiger partial charge in [-0.15, -0.1) is 0 Å². The lowest BCUT2D eigenvalue weighted by atomic mass is 10.1. The number of hydrogen-bond donors (Lipinski definition) is 0. The number of anilines is 1. The van der Waals surface area contributed by atoms with E-state index in [1.54, 1.807) is 12.1 Å². The van der Waals surface area contributed by atoms with Crippen molar-refractivity contribution in [3.05, 3.63) is 66.2 Å². The van der Waals surface area contributed by atoms with Crippen LogP contribution in [0.4, 0.5) is 5.69 Å². The fourth-order valence-corrected chi connectivity index (χ4v) is 3.79. The molecule has 0 fully saturated rings. The van der Waals surface area contributed by atoms with Crippen molar-refractivity contribution in [1.29, 1.82) is 0 Å². The smallest absolute Gasteiger partial charge is 0.339 e. The molecule has 0 aliphatic carbocycles. The van der Waals surface area contributed by atoms with Crippen molar-refractivity contribution >= 4 is 32.9 Å². The van der Waals surface area contributed by atoms with Crippen LogP contribution in [0.2, 0.25) is 0 Å². The molecule has 0 spiro atoms. The topological polar surface area (TPSA) is 63.7 Å². The lowest BCUT2D eigenvalue weighted by Crippen LogP contribution is -2.12. The summed E-state index contributed by atoms with van der Waals surface area (Å²) < 4.78 is 30.7. The first-order chi connectivity index (χ1) is 11.9. The zero-order valence-electron chi connectivity index (χ0n) is 13.8. The molecule has 5 nitrogen and oxygen atoms in total. The molecule has 0 aliphatic rings. The third kappa shape index (κ3) is 3.34. The number of carbonyl (C=O) groups is 1. The van der Waals surface area contributed by atoms with Crippen molar-refractivity contribution in [2.24, 2.45) is 0 Å². The van der Waals surface area contributed by atoms with Gasteiger partial charge in [-0.3, -0.25) is 4.79 Å². The Morgan fingerprint density at radius 1 is 0.880 bits per heavy atom. The fourth-order valence-electron chi connectivity index (χ4n) is 2.65. The zero-order chi connectivity index (χ0) is 18.0. The summed E-state index contributed by atoms with van der Waals surface area (Å²) in [4.78, 5) is 12.7. The first-order valence-electron chi connectivity index (χ1n) is 7.61. The molecule has 0 atom stereocenters. The highest BCUT2D eigenvalue weighted by molar-refractivity contribution is 7.87. The largest absolute Gasteiger partial charge is 0.379 e. The maximum Gasteiger partial charge on any atom is 0.339 e. The van der Waals surface area contributed by atoms with E-state index >= 15 is 0 Å². The van der Waals surface area contributed by atoms with Gasteiger partial charge in [-0.05, 0) is 36.4 Å². The second kappa shape index (κ2) is 6.57. The molecule has 3 aromatic carbocycles. The van der Waals surface area contributed by atoms with E-state index < -0.39 is 10.1 Å². The van der Waals surface area contributed by atoms with Crippen LogP contribution in [0.25, 0.3) is 10.8 Å². The minimum Gasteiger partial charge on any atom is -0.379 e. The predicted octanol–water partition coefficient (Wildman–Crippen LogP) is 3.49. The molecule has 0 unspecified atom stereocenters. The summed E-state index contributed by atoms with van der Waals surface area (Å²) >= 11 is 0. The van der Waals surface area contributed by atoms with Crippen molar-refractivity contribution < 1.29 is 17.4 Å². The highest BCUT2D eigenvalue weighted by Gasteiger charge is 2.20. The molecule has 0 saturated carbocycles. The highest BCUT2D eigenvalue weighted by Crippen LogP contribution is 2.31. The number of hydrogen-bond acceptors (Lipinski definition) is 5. The van der Waals surface area contributed by atoms with Crippen molar-refractivity contribution in [3.8, 4) is 5.75 Å². The number of carbonyl (C=O) groups excluding carboxylic acids is 1. The van der Waals surface area contributed by atoms with Crippen LogP contribution in [0, 0.1) is 0 Å². The van der Waals surface area contributed by atoms with Crippen molar-refractivity contribution in [2.45, 2.75) is 4.90 Å². The summed E-state index contributed by atoms with van der Waals surface area (Å²) in [5.41, 5.74) is 1.37. The van der Waals surface area contributed by atoms with Crippen LogP contribution in [0.3, 0.4) is 0 Å². The molecule has 6 heteroatoms. The van der Waals surface area contributed by atoms with E-state index in [0.29, 0.717) is 17.2 Å². The Kier molecular flexibility index (Phi) is 4.46. The van der Waals surface area contributed by atoms with Gasteiger partial charge in [0, 0.05) is 36.1 Å². The molecule has 0 aliphatic heterocycles. The Balaban J connectivity index is 2.07. The summed E-state index contributed by atoms with van der Waals surface area (Å²) in [7, 11) is -0.201. The maximum atomic E-state index is 12.7. The average molecular weight is 355 g/mol. The number of aldehydes is 1. The van der Waals surface area contributed by atoms with Crippen LogP contribution >= 0.6 is 0 Å². The maximum absolute atomic E-state index is 12.7. The lowest BCUT2D eigenvalue weighted by molar-refractivity contribution is 0.112. The van der Waals surface area contributed by atoms with Gasteiger partial charge in [0.1, 0.15) is 16.9 Å². The number of fused-ring (bicyclic) bond motifs is 1. The number of benzene rings is 3. The molecular weight excluding hydrogens is 338 g/mol. The van der Waals surface area contributed by atoms with E-state index in [1.807, 2.05) is 37.2 Å². The van der Waals surface area contributed by atoms with Gasteiger partial charge in [0.05, 0.1) is 0 Å². The van der Waals surface area contributed by atoms with Gasteiger partial charge in [0.25, 0.3) is 0 Å². The van der Waals surface area contributed by atoms with E-state index in [4.69, 9.17) is 4.18 Å². The molecule has 0 aromatic heterocycles. The Hall–Kier alpha value is -2.86. The SMILES string of the molecule is CN(C)c1cccc2c(S(=O)(=O)Oc3ccc(C=O)cc3)cccc12. The summed E-state index contributed by atoms with van der Waals surface area (Å²) in [5.74, 6) is 0.159. The second-order valence-corrected chi connectivity index (χ2v) is 7.26. The molecule has 128 valence electrons. The molecule has 0 radical (unpaired) electrons. The van der Waals surface area contributed by atoms with Gasteiger partial charge in [0.15, 0.2) is 0 Å². The molecule has 25 heavy (non-hydrogen) atoms. The molecule has 0 saturated heterocycles. The van der Waals surface area contributed by atoms with E-state index in [-0.39, 0.29) is 10.6 Å². The van der Waals surface area contributed by atoms with E-state index in [2.05, 4.69) is 0 Å². The Morgan fingerprint density at radius 2 is 1.52 bits per heavy atom. The normalized spacial score (nSPS) is 11.3. The Morgan fingerprint density at radius 3 is 2.16 bits per heavy atom. The second-order valence-electron chi connectivity index (χ2n) is 5.75. The molecule has 0 N–H and O–H groups in total. The minimum absolute atomic E-state index is 0.105. The van der Waals surface area contributed by atoms with Crippen molar-refractivity contribution in [1.82, 2.24) is 0 Å². The minimum atomic E-state index is -4.01. The van der Waals surface area contributed by atoms with Crippen LogP contribution in [-0.4, -0.2) is 28.8 Å². The van der Waals surface area contributed by atoms with Crippen LogP contribution < -0.4 is 9.08 Å². The third-order valence-corrected chi connectivity index (χ3v) is 5.14. The van der Waals surface area contributed by atoms with Crippen molar-refractivity contribution in [3.63, 3.8) is 0 Å². The number of nitrogens with zero attached hydrogens (tertiary/aromatic N) is 1. The van der Waals surface area contributed by atoms with Gasteiger partial charge in [0.2, 0.25) is 0 Å². The lowest BCUT2D eigenvalue weighted by Gasteiger charge is -2.17. The molecule has 3 rings (SSSR count). The predicted molar refractivity (Wildman–Crippen MR) is 97.9 cm³/mol. The van der Waals surface area contributed by atoms with Crippen LogP contribution in [0.15, 0.2) is 65.6 Å². The van der Waals surface area contributed by atoms with E-state index in [0.717, 1.165) is 11.1 Å². The summed E-state index contributed by atoms with van der Waals surface area (Å²) in [6.45, 7) is 0. The molecular formula is C19H17NO4S. The van der Waals surface area contributed by atoms with Gasteiger partial charge in [-0.25, -0.2) is 0 Å². The molecule has 0 bridgehead atoms. The average Bonchev–Trinajstić information content (AvgIpc) is 2.60. The fraction of sp³-hybridized carbons (Fsp3) is 0.105. The highest BCUT2D eigenvalue weighted by atomic mass is 32.2. The monoisotopic (exact) mass is 355 g/mol. The van der Waals surface area contributed by atoms with Crippen LogP contribution in [-0.2, 0) is 10.1 Å². The zero-order valence-corrected chi connectivity index (χ0v) is 14.7. The first kappa shape index (κ1) is 17.0. The first-order valence-corrected chi connectivity index (χ1v) is 9.02. The van der Waals surface area contributed by atoms with Crippen LogP contribution in [0.5, 0.6) is 5.75 Å². The Labute approximate surface area is 146 Å². The van der Waals surface area contributed by atoms with E-state index in [9.17, 15) is 13.2 Å². The van der Waals surface area contributed by atoms with Gasteiger partial charge in [-0.2, -0.15) is 8.42 Å². The quantitative estimate of drug-likeness (QED) is 0.518. The molecule has 0 heterocycles. The summed E-state index contributed by atoms with van der Waals surface area (Å²) in [5, 5.41) is 1.42. The standard InChI is InChI=1S/C19H17NO4S/c1-20(2)18-7-3-6-17-16(18)5-4-8-19(17)25(22,23)24-15-11-9-14(13-21)10-12-15/h3-13H,1-2H3. The van der Waals surface area contributed by atoms with Gasteiger partial charge < -0.3 is 9.08 Å². The van der Waals surface area contributed by atoms with Crippen molar-refractivity contribution in [2.75, 3.05) is 19.0 Å². The third-order valence-electron chi connectivity index (χ3n) is 3.83. The Bertz CT molecular complexity index is 1020. The summed E-state index contributed by atoms with van der Waals surface area (Å²) in [6, 6.07) is 16.5. The van der Waals surface area contributed by atoms with Crippen LogP contribution in [0.1, 0.15) is 10.4 Å². The number of rotatable bonds is 5.